The van der Waals surface area contributed by atoms with Crippen molar-refractivity contribution in [3.05, 3.63) is 23.5 Å². The molecule has 1 aromatic rings. The maximum absolute atomic E-state index is 6.37. The van der Waals surface area contributed by atoms with E-state index in [9.17, 15) is 0 Å². The van der Waals surface area contributed by atoms with Gasteiger partial charge in [-0.05, 0) is 87.7 Å². The van der Waals surface area contributed by atoms with Crippen LogP contribution in [0.4, 0.5) is 0 Å². The van der Waals surface area contributed by atoms with Gasteiger partial charge in [0.1, 0.15) is 5.75 Å². The summed E-state index contributed by atoms with van der Waals surface area (Å²) in [6.07, 6.45) is 24.2. The largest absolute Gasteiger partial charge is 0.489 e. The molecule has 0 saturated heterocycles. The monoisotopic (exact) mass is 413 g/mol. The van der Waals surface area contributed by atoms with Crippen molar-refractivity contribution < 1.29 is 4.74 Å². The second-order valence-corrected chi connectivity index (χ2v) is 10.3. The minimum atomic E-state index is 0.402. The van der Waals surface area contributed by atoms with Crippen LogP contribution in [0.25, 0.3) is 0 Å². The van der Waals surface area contributed by atoms with Crippen molar-refractivity contribution in [3.63, 3.8) is 0 Å². The first kappa shape index (κ1) is 23.6. The molecule has 3 rings (SSSR count). The van der Waals surface area contributed by atoms with E-state index in [2.05, 4.69) is 26.8 Å². The predicted octanol–water partition coefficient (Wildman–Crippen LogP) is 8.45. The fourth-order valence-electron chi connectivity index (χ4n) is 5.93. The van der Waals surface area contributed by atoms with Crippen LogP contribution >= 0.6 is 0 Å². The van der Waals surface area contributed by atoms with E-state index in [0.29, 0.717) is 6.10 Å². The van der Waals surface area contributed by atoms with Crippen molar-refractivity contribution >= 4 is 0 Å². The summed E-state index contributed by atoms with van der Waals surface area (Å²) in [5.74, 6) is 3.98. The fraction of sp³-hybridized carbons (Fsp3) is 0.821. The molecule has 1 heterocycles. The molecule has 1 aromatic heterocycles. The molecule has 2 aliphatic carbocycles. The number of pyridine rings is 1. The van der Waals surface area contributed by atoms with Gasteiger partial charge in [-0.1, -0.05) is 65.2 Å². The molecule has 0 atom stereocenters. The molecule has 2 saturated carbocycles. The van der Waals surface area contributed by atoms with Crippen LogP contribution in [0.2, 0.25) is 0 Å². The fourth-order valence-corrected chi connectivity index (χ4v) is 5.93. The van der Waals surface area contributed by atoms with E-state index in [1.165, 1.54) is 108 Å². The summed E-state index contributed by atoms with van der Waals surface area (Å²) in [6.45, 7) is 6.79. The zero-order valence-electron chi connectivity index (χ0n) is 20.1. The number of hydrogen-bond acceptors (Lipinski definition) is 2. The van der Waals surface area contributed by atoms with E-state index in [1.807, 2.05) is 6.20 Å². The van der Waals surface area contributed by atoms with Gasteiger partial charge in [0.2, 0.25) is 0 Å². The first-order chi connectivity index (χ1) is 14.7. The van der Waals surface area contributed by atoms with Gasteiger partial charge in [-0.3, -0.25) is 4.98 Å². The number of nitrogens with zero attached hydrogens (tertiary/aromatic N) is 1. The molecule has 2 heteroatoms. The zero-order chi connectivity index (χ0) is 21.2. The van der Waals surface area contributed by atoms with Gasteiger partial charge in [0.15, 0.2) is 0 Å². The first-order valence-corrected chi connectivity index (χ1v) is 13.3. The van der Waals surface area contributed by atoms with Crippen LogP contribution in [0, 0.1) is 24.7 Å². The number of rotatable bonds is 11. The maximum atomic E-state index is 6.37. The van der Waals surface area contributed by atoms with Crippen LogP contribution in [0.5, 0.6) is 5.75 Å². The molecule has 0 N–H and O–H groups in total. The lowest BCUT2D eigenvalue weighted by molar-refractivity contribution is 0.0910. The summed E-state index contributed by atoms with van der Waals surface area (Å²) >= 11 is 0. The Labute approximate surface area is 186 Å². The van der Waals surface area contributed by atoms with Gasteiger partial charge in [0.25, 0.3) is 0 Å². The average Bonchev–Trinajstić information content (AvgIpc) is 2.77. The SMILES string of the molecule is CCCCCCc1ncc(O[C@H]2CC[C@H]([C@H]3CC[C@H](CCCC)CC3)CC2)cc1C. The maximum Gasteiger partial charge on any atom is 0.138 e. The summed E-state index contributed by atoms with van der Waals surface area (Å²) < 4.78 is 6.37. The molecule has 0 bridgehead atoms. The number of hydrogen-bond donors (Lipinski definition) is 0. The molecule has 170 valence electrons. The number of aromatic nitrogens is 1. The van der Waals surface area contributed by atoms with Crippen LogP contribution in [-0.4, -0.2) is 11.1 Å². The first-order valence-electron chi connectivity index (χ1n) is 13.3. The topological polar surface area (TPSA) is 22.1 Å². The Hall–Kier alpha value is -1.05. The van der Waals surface area contributed by atoms with E-state index < -0.39 is 0 Å². The summed E-state index contributed by atoms with van der Waals surface area (Å²) in [6, 6.07) is 2.23. The molecule has 0 aromatic carbocycles. The smallest absolute Gasteiger partial charge is 0.138 e. The molecular formula is C28H47NO. The van der Waals surface area contributed by atoms with Crippen LogP contribution in [0.15, 0.2) is 12.3 Å². The third-order valence-electron chi connectivity index (χ3n) is 7.97. The minimum absolute atomic E-state index is 0.402. The molecule has 2 nitrogen and oxygen atoms in total. The highest BCUT2D eigenvalue weighted by molar-refractivity contribution is 5.28. The summed E-state index contributed by atoms with van der Waals surface area (Å²) in [5.41, 5.74) is 2.56. The normalized spacial score (nSPS) is 27.2. The van der Waals surface area contributed by atoms with Crippen molar-refractivity contribution in [2.75, 3.05) is 0 Å². The van der Waals surface area contributed by atoms with Gasteiger partial charge in [-0.2, -0.15) is 0 Å². The zero-order valence-corrected chi connectivity index (χ0v) is 20.1. The number of aryl methyl sites for hydroxylation is 2. The highest BCUT2D eigenvalue weighted by atomic mass is 16.5. The Morgan fingerprint density at radius 1 is 0.833 bits per heavy atom. The Morgan fingerprint density at radius 2 is 1.50 bits per heavy atom. The van der Waals surface area contributed by atoms with Crippen LogP contribution in [0.1, 0.15) is 121 Å². The van der Waals surface area contributed by atoms with E-state index in [1.54, 1.807) is 0 Å². The van der Waals surface area contributed by atoms with Crippen molar-refractivity contribution in [2.24, 2.45) is 17.8 Å². The van der Waals surface area contributed by atoms with Crippen LogP contribution in [0.3, 0.4) is 0 Å². The van der Waals surface area contributed by atoms with Gasteiger partial charge in [0, 0.05) is 5.69 Å². The molecule has 0 radical (unpaired) electrons. The quantitative estimate of drug-likeness (QED) is 0.339. The second kappa shape index (κ2) is 12.7. The van der Waals surface area contributed by atoms with Crippen LogP contribution in [-0.2, 0) is 6.42 Å². The summed E-state index contributed by atoms with van der Waals surface area (Å²) in [5, 5.41) is 0. The molecule has 30 heavy (non-hydrogen) atoms. The lowest BCUT2D eigenvalue weighted by atomic mass is 9.70. The van der Waals surface area contributed by atoms with Crippen molar-refractivity contribution in [1.29, 1.82) is 0 Å². The Kier molecular flexibility index (Phi) is 10.0. The highest BCUT2D eigenvalue weighted by Crippen LogP contribution is 2.41. The van der Waals surface area contributed by atoms with Crippen LogP contribution < -0.4 is 4.74 Å². The Bertz CT molecular complexity index is 597. The van der Waals surface area contributed by atoms with Crippen molar-refractivity contribution in [3.8, 4) is 5.75 Å². The third-order valence-corrected chi connectivity index (χ3v) is 7.97. The molecule has 0 unspecified atom stereocenters. The van der Waals surface area contributed by atoms with E-state index in [4.69, 9.17) is 9.72 Å². The van der Waals surface area contributed by atoms with Gasteiger partial charge >= 0.3 is 0 Å². The molecule has 2 fully saturated rings. The third kappa shape index (κ3) is 7.27. The second-order valence-electron chi connectivity index (χ2n) is 10.3. The lowest BCUT2D eigenvalue weighted by Gasteiger charge is -2.38. The van der Waals surface area contributed by atoms with E-state index in [0.717, 1.165) is 29.9 Å². The number of ether oxygens (including phenoxy) is 1. The predicted molar refractivity (Wildman–Crippen MR) is 128 cm³/mol. The van der Waals surface area contributed by atoms with Gasteiger partial charge in [-0.15, -0.1) is 0 Å². The highest BCUT2D eigenvalue weighted by Gasteiger charge is 2.31. The standard InChI is InChI=1S/C28H47NO/c1-4-6-8-9-11-28-22(3)20-27(21-29-28)30-26-18-16-25(17-19-26)24-14-12-23(13-15-24)10-7-5-2/h20-21,23-26H,4-19H2,1-3H3/t23-,24-,25-,26-. The Balaban J connectivity index is 1.38. The lowest BCUT2D eigenvalue weighted by Crippen LogP contribution is -2.30. The summed E-state index contributed by atoms with van der Waals surface area (Å²) in [4.78, 5) is 4.73. The molecule has 0 amide bonds. The van der Waals surface area contributed by atoms with E-state index >= 15 is 0 Å². The van der Waals surface area contributed by atoms with Crippen molar-refractivity contribution in [2.45, 2.75) is 130 Å². The molecular weight excluding hydrogens is 366 g/mol. The molecule has 0 spiro atoms. The Morgan fingerprint density at radius 3 is 2.13 bits per heavy atom. The average molecular weight is 414 g/mol. The number of unbranched alkanes of at least 4 members (excludes halogenated alkanes) is 4. The van der Waals surface area contributed by atoms with Crippen molar-refractivity contribution in [1.82, 2.24) is 4.98 Å². The van der Waals surface area contributed by atoms with Gasteiger partial charge in [0.05, 0.1) is 12.3 Å². The minimum Gasteiger partial charge on any atom is -0.489 e. The summed E-state index contributed by atoms with van der Waals surface area (Å²) in [7, 11) is 0. The molecule has 2 aliphatic rings. The molecule has 0 aliphatic heterocycles. The van der Waals surface area contributed by atoms with E-state index in [-0.39, 0.29) is 0 Å². The van der Waals surface area contributed by atoms with Gasteiger partial charge < -0.3 is 4.74 Å². The van der Waals surface area contributed by atoms with Gasteiger partial charge in [-0.25, -0.2) is 0 Å².